The monoisotopic (exact) mass is 412 g/mol. The molecule has 4 nitrogen and oxygen atoms in total. The van der Waals surface area contributed by atoms with E-state index in [1.807, 2.05) is 0 Å². The lowest BCUT2D eigenvalue weighted by Gasteiger charge is -2.06. The molecule has 1 aromatic heterocycles. The summed E-state index contributed by atoms with van der Waals surface area (Å²) in [7, 11) is 0. The van der Waals surface area contributed by atoms with Gasteiger partial charge >= 0.3 is 12.1 Å². The fourth-order valence-corrected chi connectivity index (χ4v) is 2.99. The van der Waals surface area contributed by atoms with Crippen LogP contribution in [0.25, 0.3) is 16.8 Å². The number of halogens is 4. The van der Waals surface area contributed by atoms with Crippen LogP contribution in [0.1, 0.15) is 12.6 Å². The lowest BCUT2D eigenvalue weighted by Crippen LogP contribution is -2.08. The van der Waals surface area contributed by atoms with Crippen LogP contribution in [0.15, 0.2) is 59.6 Å². The Morgan fingerprint density at radius 2 is 1.89 bits per heavy atom. The minimum Gasteiger partial charge on any atom is -0.386 e. The predicted molar refractivity (Wildman–Crippen MR) is 96.6 cm³/mol. The van der Waals surface area contributed by atoms with Crippen molar-refractivity contribution in [3.63, 3.8) is 0 Å². The summed E-state index contributed by atoms with van der Waals surface area (Å²) in [6.07, 6.45) is -3.31. The van der Waals surface area contributed by atoms with Gasteiger partial charge in [0.15, 0.2) is 5.69 Å². The highest BCUT2D eigenvalue weighted by Gasteiger charge is 2.37. The zero-order chi connectivity index (χ0) is 19.6. The van der Waals surface area contributed by atoms with Crippen LogP contribution in [0, 0.1) is 0 Å². The molecule has 3 rings (SSSR count). The normalized spacial score (nSPS) is 11.4. The Bertz CT molecular complexity index is 971. The van der Waals surface area contributed by atoms with E-state index in [4.69, 9.17) is 15.8 Å². The van der Waals surface area contributed by atoms with Crippen molar-refractivity contribution in [3.8, 4) is 16.8 Å². The zero-order valence-electron chi connectivity index (χ0n) is 13.8. The maximum atomic E-state index is 13.5. The van der Waals surface area contributed by atoms with Gasteiger partial charge in [0.25, 0.3) is 0 Å². The van der Waals surface area contributed by atoms with Gasteiger partial charge in [-0.25, -0.2) is 4.68 Å². The first kappa shape index (κ1) is 19.3. The van der Waals surface area contributed by atoms with E-state index in [-0.39, 0.29) is 5.56 Å². The second-order valence-corrected chi connectivity index (χ2v) is 6.74. The molecule has 0 saturated heterocycles. The van der Waals surface area contributed by atoms with Gasteiger partial charge in [0.05, 0.1) is 17.7 Å². The first-order valence-electron chi connectivity index (χ1n) is 7.62. The van der Waals surface area contributed by atoms with Crippen molar-refractivity contribution in [3.05, 3.63) is 65.4 Å². The number of nitrogens with zero attached hydrogens (tertiary/aromatic N) is 2. The van der Waals surface area contributed by atoms with Crippen molar-refractivity contribution in [2.24, 2.45) is 0 Å². The average molecular weight is 413 g/mol. The summed E-state index contributed by atoms with van der Waals surface area (Å²) in [6, 6.07) is 12.6. The molecule has 0 bridgehead atoms. The van der Waals surface area contributed by atoms with Crippen LogP contribution in [-0.4, -0.2) is 15.7 Å². The Morgan fingerprint density at radius 3 is 2.48 bits per heavy atom. The van der Waals surface area contributed by atoms with Crippen molar-refractivity contribution < 1.29 is 22.1 Å². The first-order chi connectivity index (χ1) is 12.7. The minimum absolute atomic E-state index is 0.0634. The van der Waals surface area contributed by atoms with Crippen molar-refractivity contribution in [1.82, 2.24) is 9.78 Å². The summed E-state index contributed by atoms with van der Waals surface area (Å²) in [5, 5.41) is 4.10. The molecule has 2 aromatic carbocycles. The van der Waals surface area contributed by atoms with E-state index in [0.717, 1.165) is 16.7 Å². The van der Waals surface area contributed by atoms with Gasteiger partial charge in [0.1, 0.15) is 0 Å². The molecule has 0 fully saturated rings. The van der Waals surface area contributed by atoms with E-state index in [1.54, 1.807) is 30.3 Å². The largest absolute Gasteiger partial charge is 0.435 e. The highest BCUT2D eigenvalue weighted by molar-refractivity contribution is 7.95. The van der Waals surface area contributed by atoms with Gasteiger partial charge in [-0.2, -0.15) is 18.3 Å². The van der Waals surface area contributed by atoms with Crippen molar-refractivity contribution >= 4 is 29.6 Å². The number of carbonyl (C=O) groups excluding carboxylic acids is 1. The number of hydrogen-bond donors (Lipinski definition) is 0. The maximum absolute atomic E-state index is 13.5. The van der Waals surface area contributed by atoms with E-state index in [0.29, 0.717) is 21.2 Å². The van der Waals surface area contributed by atoms with Crippen LogP contribution in [0.4, 0.5) is 13.2 Å². The molecule has 0 amide bonds. The van der Waals surface area contributed by atoms with Crippen molar-refractivity contribution in [2.75, 3.05) is 0 Å². The van der Waals surface area contributed by atoms with Gasteiger partial charge in [0, 0.05) is 28.6 Å². The molecular formula is C18H12ClF3N2O2S. The molecule has 0 radical (unpaired) electrons. The molecular weight excluding hydrogens is 401 g/mol. The molecule has 0 spiro atoms. The number of benzene rings is 2. The average Bonchev–Trinajstić information content (AvgIpc) is 3.06. The molecule has 0 aliphatic rings. The maximum Gasteiger partial charge on any atom is 0.435 e. The highest BCUT2D eigenvalue weighted by atomic mass is 35.5. The number of alkyl halides is 3. The molecule has 27 heavy (non-hydrogen) atoms. The third kappa shape index (κ3) is 4.64. The van der Waals surface area contributed by atoms with Crippen LogP contribution in [-0.2, 0) is 15.2 Å². The topological polar surface area (TPSA) is 44.1 Å². The third-order valence-corrected chi connectivity index (χ3v) is 4.49. The Hall–Kier alpha value is -2.45. The zero-order valence-corrected chi connectivity index (χ0v) is 15.4. The van der Waals surface area contributed by atoms with E-state index in [9.17, 15) is 18.0 Å². The van der Waals surface area contributed by atoms with Crippen LogP contribution in [0.5, 0.6) is 0 Å². The van der Waals surface area contributed by atoms with Gasteiger partial charge in [-0.1, -0.05) is 29.8 Å². The summed E-state index contributed by atoms with van der Waals surface area (Å²) < 4.78 is 46.3. The van der Waals surface area contributed by atoms with Gasteiger partial charge in [-0.05, 0) is 35.9 Å². The van der Waals surface area contributed by atoms with Crippen LogP contribution < -0.4 is 0 Å². The number of carbonyl (C=O) groups is 1. The van der Waals surface area contributed by atoms with Crippen LogP contribution in [0.2, 0.25) is 5.02 Å². The molecule has 0 atom stereocenters. The number of aromatic nitrogens is 2. The molecule has 140 valence electrons. The summed E-state index contributed by atoms with van der Waals surface area (Å²) in [6.45, 7) is 1.27. The minimum atomic E-state index is -4.62. The third-order valence-electron chi connectivity index (χ3n) is 3.48. The molecule has 0 aliphatic carbocycles. The molecule has 3 aromatic rings. The summed E-state index contributed by atoms with van der Waals surface area (Å²) >= 11 is 6.75. The molecule has 0 N–H and O–H groups in total. The Labute approximate surface area is 162 Å². The van der Waals surface area contributed by atoms with Crippen molar-refractivity contribution in [2.45, 2.75) is 18.0 Å². The summed E-state index contributed by atoms with van der Waals surface area (Å²) in [5.41, 5.74) is -0.307. The fraction of sp³-hybridized carbons (Fsp3) is 0.111. The van der Waals surface area contributed by atoms with E-state index in [2.05, 4.69) is 5.10 Å². The standard InChI is InChI=1S/C18H12ClF3N2O2S/c1-11(25)26-27-15-7-5-12(6-8-15)16-10-24(23-17(16)18(20,21)22)14-4-2-3-13(19)9-14/h2-10H,1H3. The molecule has 0 saturated carbocycles. The van der Waals surface area contributed by atoms with Gasteiger partial charge in [0.2, 0.25) is 0 Å². The van der Waals surface area contributed by atoms with E-state index < -0.39 is 17.8 Å². The predicted octanol–water partition coefficient (Wildman–Crippen LogP) is 5.78. The quantitative estimate of drug-likeness (QED) is 0.509. The first-order valence-corrected chi connectivity index (χ1v) is 8.74. The van der Waals surface area contributed by atoms with Crippen molar-refractivity contribution in [1.29, 1.82) is 0 Å². The number of rotatable bonds is 4. The fourth-order valence-electron chi connectivity index (χ4n) is 2.34. The van der Waals surface area contributed by atoms with E-state index >= 15 is 0 Å². The number of hydrogen-bond acceptors (Lipinski definition) is 4. The van der Waals surface area contributed by atoms with Gasteiger partial charge < -0.3 is 4.18 Å². The van der Waals surface area contributed by atoms with Gasteiger partial charge in [-0.15, -0.1) is 0 Å². The molecule has 0 unspecified atom stereocenters. The van der Waals surface area contributed by atoms with Gasteiger partial charge in [-0.3, -0.25) is 4.79 Å². The lowest BCUT2D eigenvalue weighted by molar-refractivity contribution is -0.140. The molecule has 0 aliphatic heterocycles. The second kappa shape index (κ2) is 7.66. The second-order valence-electron chi connectivity index (χ2n) is 5.50. The summed E-state index contributed by atoms with van der Waals surface area (Å²) in [4.78, 5) is 11.4. The Kier molecular flexibility index (Phi) is 5.48. The Morgan fingerprint density at radius 1 is 1.19 bits per heavy atom. The SMILES string of the molecule is CC(=O)OSc1ccc(-c2cn(-c3cccc(Cl)c3)nc2C(F)(F)F)cc1. The summed E-state index contributed by atoms with van der Waals surface area (Å²) in [5.74, 6) is -0.466. The lowest BCUT2D eigenvalue weighted by atomic mass is 10.1. The smallest absolute Gasteiger partial charge is 0.386 e. The molecule has 9 heteroatoms. The Balaban J connectivity index is 2.00. The highest BCUT2D eigenvalue weighted by Crippen LogP contribution is 2.37. The molecule has 1 heterocycles. The van der Waals surface area contributed by atoms with Crippen LogP contribution in [0.3, 0.4) is 0 Å². The van der Waals surface area contributed by atoms with Crippen LogP contribution >= 0.6 is 23.6 Å². The van der Waals surface area contributed by atoms with E-state index in [1.165, 1.54) is 31.3 Å².